The second kappa shape index (κ2) is 6.41. The molecule has 3 rings (SSSR count). The number of halogens is 1. The van der Waals surface area contributed by atoms with E-state index in [-0.39, 0.29) is 5.69 Å². The van der Waals surface area contributed by atoms with Gasteiger partial charge in [0.2, 0.25) is 5.13 Å². The first kappa shape index (κ1) is 14.3. The lowest BCUT2D eigenvalue weighted by molar-refractivity contribution is 0.665. The SMILES string of the molecule is O=c1nc(NN=C2CCCCC2)sn1-c1ccc(Cl)cc1. The summed E-state index contributed by atoms with van der Waals surface area (Å²) in [6.45, 7) is 0. The number of benzene rings is 1. The molecule has 0 atom stereocenters. The van der Waals surface area contributed by atoms with Gasteiger partial charge in [-0.25, -0.2) is 8.75 Å². The van der Waals surface area contributed by atoms with Gasteiger partial charge in [-0.15, -0.1) is 0 Å². The Hall–Kier alpha value is -1.66. The maximum absolute atomic E-state index is 11.9. The fourth-order valence-electron chi connectivity index (χ4n) is 2.26. The fourth-order valence-corrected chi connectivity index (χ4v) is 3.11. The highest BCUT2D eigenvalue weighted by atomic mass is 35.5. The number of anilines is 1. The van der Waals surface area contributed by atoms with E-state index in [1.807, 2.05) is 0 Å². The molecule has 0 radical (unpaired) electrons. The van der Waals surface area contributed by atoms with E-state index in [9.17, 15) is 4.79 Å². The van der Waals surface area contributed by atoms with Gasteiger partial charge in [-0.1, -0.05) is 18.0 Å². The van der Waals surface area contributed by atoms with Crippen LogP contribution in [-0.2, 0) is 0 Å². The van der Waals surface area contributed by atoms with Crippen LogP contribution in [0.3, 0.4) is 0 Å². The van der Waals surface area contributed by atoms with Crippen molar-refractivity contribution in [3.8, 4) is 5.69 Å². The van der Waals surface area contributed by atoms with Gasteiger partial charge in [0.05, 0.1) is 5.69 Å². The molecule has 1 aromatic carbocycles. The van der Waals surface area contributed by atoms with Crippen LogP contribution in [0.2, 0.25) is 5.02 Å². The Morgan fingerprint density at radius 1 is 1.19 bits per heavy atom. The van der Waals surface area contributed by atoms with E-state index in [2.05, 4.69) is 15.5 Å². The molecule has 0 spiro atoms. The number of aromatic nitrogens is 2. The zero-order chi connectivity index (χ0) is 14.7. The molecule has 1 aliphatic rings. The van der Waals surface area contributed by atoms with E-state index < -0.39 is 0 Å². The molecule has 110 valence electrons. The first-order chi connectivity index (χ1) is 10.2. The second-order valence-corrected chi connectivity index (χ2v) is 6.28. The summed E-state index contributed by atoms with van der Waals surface area (Å²) in [5.74, 6) is 0. The third-order valence-electron chi connectivity index (χ3n) is 3.35. The van der Waals surface area contributed by atoms with Crippen molar-refractivity contribution in [2.24, 2.45) is 5.10 Å². The smallest absolute Gasteiger partial charge is 0.251 e. The molecule has 0 aliphatic heterocycles. The van der Waals surface area contributed by atoms with Gasteiger partial charge in [0.1, 0.15) is 0 Å². The molecule has 2 aromatic rings. The molecule has 0 bridgehead atoms. The highest BCUT2D eigenvalue weighted by Crippen LogP contribution is 2.18. The van der Waals surface area contributed by atoms with Crippen LogP contribution < -0.4 is 11.1 Å². The van der Waals surface area contributed by atoms with Crippen molar-refractivity contribution >= 4 is 34.0 Å². The second-order valence-electron chi connectivity index (χ2n) is 4.91. The van der Waals surface area contributed by atoms with Crippen molar-refractivity contribution in [1.82, 2.24) is 8.94 Å². The van der Waals surface area contributed by atoms with Crippen LogP contribution in [-0.4, -0.2) is 14.7 Å². The highest BCUT2D eigenvalue weighted by molar-refractivity contribution is 7.10. The molecule has 0 unspecified atom stereocenters. The molecule has 0 amide bonds. The largest absolute Gasteiger partial charge is 0.364 e. The predicted molar refractivity (Wildman–Crippen MR) is 86.9 cm³/mol. The normalized spacial score (nSPS) is 15.0. The molecule has 1 aliphatic carbocycles. The molecular weight excluding hydrogens is 308 g/mol. The van der Waals surface area contributed by atoms with Gasteiger partial charge >= 0.3 is 5.69 Å². The molecule has 1 N–H and O–H groups in total. The van der Waals surface area contributed by atoms with Crippen molar-refractivity contribution in [3.63, 3.8) is 0 Å². The Morgan fingerprint density at radius 3 is 2.62 bits per heavy atom. The summed E-state index contributed by atoms with van der Waals surface area (Å²) in [6.07, 6.45) is 5.71. The lowest BCUT2D eigenvalue weighted by atomic mass is 9.99. The van der Waals surface area contributed by atoms with Crippen LogP contribution in [0.5, 0.6) is 0 Å². The molecule has 0 saturated heterocycles. The third kappa shape index (κ3) is 3.51. The molecule has 21 heavy (non-hydrogen) atoms. The van der Waals surface area contributed by atoms with E-state index in [0.29, 0.717) is 10.2 Å². The number of nitrogens with one attached hydrogen (secondary N) is 1. The number of hydrazone groups is 1. The topological polar surface area (TPSA) is 59.3 Å². The summed E-state index contributed by atoms with van der Waals surface area (Å²) in [5.41, 5.74) is 4.50. The minimum Gasteiger partial charge on any atom is -0.251 e. The molecule has 1 aromatic heterocycles. The van der Waals surface area contributed by atoms with Crippen LogP contribution in [0.1, 0.15) is 32.1 Å². The van der Waals surface area contributed by atoms with Crippen molar-refractivity contribution in [2.75, 3.05) is 5.43 Å². The van der Waals surface area contributed by atoms with E-state index >= 15 is 0 Å². The van der Waals surface area contributed by atoms with Crippen LogP contribution in [0.25, 0.3) is 5.69 Å². The third-order valence-corrected chi connectivity index (χ3v) is 4.51. The van der Waals surface area contributed by atoms with Gasteiger partial charge in [0, 0.05) is 10.7 Å². The number of hydrogen-bond donors (Lipinski definition) is 1. The average Bonchev–Trinajstić information content (AvgIpc) is 2.88. The number of nitrogens with zero attached hydrogens (tertiary/aromatic N) is 3. The van der Waals surface area contributed by atoms with Crippen molar-refractivity contribution in [3.05, 3.63) is 39.8 Å². The summed E-state index contributed by atoms with van der Waals surface area (Å²) < 4.78 is 1.51. The van der Waals surface area contributed by atoms with Crippen molar-refractivity contribution in [1.29, 1.82) is 0 Å². The summed E-state index contributed by atoms with van der Waals surface area (Å²) >= 11 is 7.09. The molecular formula is C14H15ClN4OS. The van der Waals surface area contributed by atoms with E-state index in [1.165, 1.54) is 34.8 Å². The van der Waals surface area contributed by atoms with Crippen LogP contribution >= 0.6 is 23.1 Å². The standard InChI is InChI=1S/C14H15ClN4OS/c15-10-6-8-12(9-7-10)19-14(20)16-13(21-19)18-17-11-4-2-1-3-5-11/h6-9H,1-5H2,(H,16,18,20). The first-order valence-electron chi connectivity index (χ1n) is 6.90. The van der Waals surface area contributed by atoms with Gasteiger partial charge in [0.15, 0.2) is 0 Å². The van der Waals surface area contributed by atoms with Crippen molar-refractivity contribution < 1.29 is 0 Å². The van der Waals surface area contributed by atoms with Gasteiger partial charge in [-0.2, -0.15) is 10.1 Å². The minimum absolute atomic E-state index is 0.311. The Kier molecular flexibility index (Phi) is 4.36. The highest BCUT2D eigenvalue weighted by Gasteiger charge is 2.09. The number of hydrogen-bond acceptors (Lipinski definition) is 5. The van der Waals surface area contributed by atoms with Gasteiger partial charge in [-0.05, 0) is 61.5 Å². The Labute approximate surface area is 131 Å². The fraction of sp³-hybridized carbons (Fsp3) is 0.357. The van der Waals surface area contributed by atoms with Crippen molar-refractivity contribution in [2.45, 2.75) is 32.1 Å². The molecule has 1 saturated carbocycles. The Morgan fingerprint density at radius 2 is 1.90 bits per heavy atom. The molecule has 1 heterocycles. The quantitative estimate of drug-likeness (QED) is 0.877. The summed E-state index contributed by atoms with van der Waals surface area (Å²) in [4.78, 5) is 15.9. The zero-order valence-corrected chi connectivity index (χ0v) is 13.0. The van der Waals surface area contributed by atoms with E-state index in [4.69, 9.17) is 11.6 Å². The lowest BCUT2D eigenvalue weighted by Gasteiger charge is -2.11. The maximum atomic E-state index is 11.9. The summed E-state index contributed by atoms with van der Waals surface area (Å²) in [6, 6.07) is 7.08. The minimum atomic E-state index is -0.311. The van der Waals surface area contributed by atoms with Crippen LogP contribution in [0, 0.1) is 0 Å². The Bertz CT molecular complexity index is 697. The Balaban J connectivity index is 1.78. The first-order valence-corrected chi connectivity index (χ1v) is 8.05. The van der Waals surface area contributed by atoms with Crippen LogP contribution in [0.4, 0.5) is 5.13 Å². The molecule has 5 nitrogen and oxygen atoms in total. The average molecular weight is 323 g/mol. The summed E-state index contributed by atoms with van der Waals surface area (Å²) in [5, 5.41) is 5.50. The van der Waals surface area contributed by atoms with E-state index in [0.717, 1.165) is 24.2 Å². The summed E-state index contributed by atoms with van der Waals surface area (Å²) in [7, 11) is 0. The predicted octanol–water partition coefficient (Wildman–Crippen LogP) is 3.68. The maximum Gasteiger partial charge on any atom is 0.364 e. The monoisotopic (exact) mass is 322 g/mol. The molecule has 1 fully saturated rings. The lowest BCUT2D eigenvalue weighted by Crippen LogP contribution is -2.13. The van der Waals surface area contributed by atoms with E-state index in [1.54, 1.807) is 24.3 Å². The molecule has 7 heteroatoms. The van der Waals surface area contributed by atoms with Crippen LogP contribution in [0.15, 0.2) is 34.2 Å². The van der Waals surface area contributed by atoms with Gasteiger partial charge in [0.25, 0.3) is 0 Å². The van der Waals surface area contributed by atoms with Gasteiger partial charge < -0.3 is 0 Å². The number of rotatable bonds is 3. The zero-order valence-electron chi connectivity index (χ0n) is 11.4. The van der Waals surface area contributed by atoms with Gasteiger partial charge in [-0.3, -0.25) is 5.43 Å².